The predicted octanol–water partition coefficient (Wildman–Crippen LogP) is 1.99. The maximum Gasteiger partial charge on any atom is 0.147 e. The summed E-state index contributed by atoms with van der Waals surface area (Å²) in [5, 5.41) is 3.06. The van der Waals surface area contributed by atoms with Crippen LogP contribution in [0.1, 0.15) is 34.7 Å². The minimum atomic E-state index is 0.651. The lowest BCUT2D eigenvalue weighted by molar-refractivity contribution is 0.896. The van der Waals surface area contributed by atoms with E-state index in [1.807, 2.05) is 19.2 Å². The number of hydrazine groups is 1. The van der Waals surface area contributed by atoms with Crippen LogP contribution in [0.3, 0.4) is 0 Å². The molecule has 0 bridgehead atoms. The van der Waals surface area contributed by atoms with Gasteiger partial charge in [-0.2, -0.15) is 0 Å². The minimum absolute atomic E-state index is 0.651. The van der Waals surface area contributed by atoms with Crippen LogP contribution in [0, 0.1) is 13.8 Å². The fourth-order valence-electron chi connectivity index (χ4n) is 1.89. The number of rotatable bonds is 4. The van der Waals surface area contributed by atoms with Gasteiger partial charge < -0.3 is 5.43 Å². The molecule has 2 rings (SSSR count). The molecule has 6 heteroatoms. The Balaban J connectivity index is 2.31. The molecule has 5 nitrogen and oxygen atoms in total. The molecule has 2 aromatic heterocycles. The van der Waals surface area contributed by atoms with E-state index in [9.17, 15) is 0 Å². The summed E-state index contributed by atoms with van der Waals surface area (Å²) in [6, 6.07) is 0. The van der Waals surface area contributed by atoms with Crippen LogP contribution >= 0.6 is 11.3 Å². The van der Waals surface area contributed by atoms with Crippen molar-refractivity contribution in [2.24, 2.45) is 5.84 Å². The Labute approximate surface area is 110 Å². The molecule has 0 saturated carbocycles. The summed E-state index contributed by atoms with van der Waals surface area (Å²) in [7, 11) is 0. The van der Waals surface area contributed by atoms with Gasteiger partial charge >= 0.3 is 0 Å². The highest BCUT2D eigenvalue weighted by Gasteiger charge is 2.11. The molecule has 0 saturated heterocycles. The van der Waals surface area contributed by atoms with Crippen molar-refractivity contribution in [3.8, 4) is 0 Å². The van der Waals surface area contributed by atoms with Gasteiger partial charge in [0.25, 0.3) is 0 Å². The lowest BCUT2D eigenvalue weighted by atomic mass is 10.1. The van der Waals surface area contributed by atoms with Gasteiger partial charge in [0.05, 0.1) is 6.42 Å². The smallest absolute Gasteiger partial charge is 0.147 e. The fourth-order valence-corrected chi connectivity index (χ4v) is 2.66. The monoisotopic (exact) mass is 263 g/mol. The normalized spacial score (nSPS) is 10.7. The van der Waals surface area contributed by atoms with Crippen molar-refractivity contribution in [1.29, 1.82) is 0 Å². The molecule has 0 aromatic carbocycles. The van der Waals surface area contributed by atoms with Crippen LogP contribution in [0.4, 0.5) is 5.82 Å². The molecule has 0 amide bonds. The molecule has 0 fully saturated rings. The molecule has 0 radical (unpaired) electrons. The van der Waals surface area contributed by atoms with Crippen molar-refractivity contribution in [3.63, 3.8) is 0 Å². The molecule has 0 aliphatic carbocycles. The summed E-state index contributed by atoms with van der Waals surface area (Å²) in [5.41, 5.74) is 5.73. The van der Waals surface area contributed by atoms with Crippen molar-refractivity contribution in [3.05, 3.63) is 33.2 Å². The van der Waals surface area contributed by atoms with Gasteiger partial charge in [0.15, 0.2) is 0 Å². The van der Waals surface area contributed by atoms with E-state index in [1.54, 1.807) is 11.3 Å². The second-order valence-electron chi connectivity index (χ2n) is 4.11. The quantitative estimate of drug-likeness (QED) is 0.651. The zero-order valence-electron chi connectivity index (χ0n) is 10.8. The number of aryl methyl sites for hydroxylation is 2. The lowest BCUT2D eigenvalue weighted by Gasteiger charge is -2.10. The maximum absolute atomic E-state index is 5.51. The van der Waals surface area contributed by atoms with Crippen LogP contribution < -0.4 is 11.3 Å². The molecule has 0 atom stereocenters. The standard InChI is InChI=1S/C12H17N5S/c1-4-9-8(3)15-10(16-12(9)17-13)5-11-14-7(2)6-18-11/h6H,4-5,13H2,1-3H3,(H,15,16,17). The van der Waals surface area contributed by atoms with Gasteiger partial charge in [-0.05, 0) is 20.3 Å². The summed E-state index contributed by atoms with van der Waals surface area (Å²) >= 11 is 1.63. The molecule has 2 aromatic rings. The molecule has 3 N–H and O–H groups in total. The third kappa shape index (κ3) is 2.65. The van der Waals surface area contributed by atoms with Crippen LogP contribution in [0.15, 0.2) is 5.38 Å². The molecule has 18 heavy (non-hydrogen) atoms. The van der Waals surface area contributed by atoms with E-state index in [-0.39, 0.29) is 0 Å². The van der Waals surface area contributed by atoms with E-state index in [0.29, 0.717) is 12.2 Å². The van der Waals surface area contributed by atoms with Gasteiger partial charge in [0, 0.05) is 22.3 Å². The van der Waals surface area contributed by atoms with Gasteiger partial charge in [-0.25, -0.2) is 20.8 Å². The van der Waals surface area contributed by atoms with E-state index in [4.69, 9.17) is 5.84 Å². The lowest BCUT2D eigenvalue weighted by Crippen LogP contribution is -2.14. The summed E-state index contributed by atoms with van der Waals surface area (Å²) in [5.74, 6) is 6.98. The number of hydrogen-bond donors (Lipinski definition) is 2. The van der Waals surface area contributed by atoms with Crippen LogP contribution in [0.25, 0.3) is 0 Å². The number of anilines is 1. The van der Waals surface area contributed by atoms with E-state index in [2.05, 4.69) is 27.3 Å². The summed E-state index contributed by atoms with van der Waals surface area (Å²) in [4.78, 5) is 13.4. The third-order valence-electron chi connectivity index (χ3n) is 2.73. The van der Waals surface area contributed by atoms with E-state index in [1.165, 1.54) is 0 Å². The minimum Gasteiger partial charge on any atom is -0.308 e. The fraction of sp³-hybridized carbons (Fsp3) is 0.417. The Hall–Kier alpha value is -1.53. The molecule has 0 spiro atoms. The Bertz CT molecular complexity index is 549. The molecule has 0 aliphatic heterocycles. The SMILES string of the molecule is CCc1c(C)nc(Cc2nc(C)cs2)nc1NN. The van der Waals surface area contributed by atoms with Gasteiger partial charge in [-0.3, -0.25) is 0 Å². The van der Waals surface area contributed by atoms with Crippen LogP contribution in [-0.2, 0) is 12.8 Å². The Morgan fingerprint density at radius 3 is 2.61 bits per heavy atom. The number of nitrogens with zero attached hydrogens (tertiary/aromatic N) is 3. The van der Waals surface area contributed by atoms with E-state index >= 15 is 0 Å². The Kier molecular flexibility index (Phi) is 3.88. The molecular formula is C12H17N5S. The van der Waals surface area contributed by atoms with Crippen LogP contribution in [-0.4, -0.2) is 15.0 Å². The number of aromatic nitrogens is 3. The Morgan fingerprint density at radius 2 is 2.06 bits per heavy atom. The molecule has 0 aliphatic rings. The van der Waals surface area contributed by atoms with Crippen LogP contribution in [0.2, 0.25) is 0 Å². The van der Waals surface area contributed by atoms with E-state index in [0.717, 1.165) is 34.2 Å². The van der Waals surface area contributed by atoms with Gasteiger partial charge in [-0.1, -0.05) is 6.92 Å². The van der Waals surface area contributed by atoms with E-state index < -0.39 is 0 Å². The zero-order chi connectivity index (χ0) is 13.1. The number of nitrogens with two attached hydrogens (primary N) is 1. The highest BCUT2D eigenvalue weighted by Crippen LogP contribution is 2.18. The second kappa shape index (κ2) is 5.41. The van der Waals surface area contributed by atoms with Gasteiger partial charge in [-0.15, -0.1) is 11.3 Å². The topological polar surface area (TPSA) is 76.7 Å². The number of nitrogen functional groups attached to an aromatic ring is 1. The maximum atomic E-state index is 5.51. The van der Waals surface area contributed by atoms with Crippen LogP contribution in [0.5, 0.6) is 0 Å². The molecule has 0 unspecified atom stereocenters. The highest BCUT2D eigenvalue weighted by molar-refractivity contribution is 7.09. The van der Waals surface area contributed by atoms with Crippen molar-refractivity contribution < 1.29 is 0 Å². The average molecular weight is 263 g/mol. The number of hydrogen-bond acceptors (Lipinski definition) is 6. The molecular weight excluding hydrogens is 246 g/mol. The summed E-state index contributed by atoms with van der Waals surface area (Å²) in [6.45, 7) is 6.04. The first-order valence-electron chi connectivity index (χ1n) is 5.88. The first-order valence-corrected chi connectivity index (χ1v) is 6.76. The second-order valence-corrected chi connectivity index (χ2v) is 5.05. The van der Waals surface area contributed by atoms with Crippen molar-refractivity contribution >= 4 is 17.2 Å². The number of nitrogens with one attached hydrogen (secondary N) is 1. The summed E-state index contributed by atoms with van der Waals surface area (Å²) < 4.78 is 0. The average Bonchev–Trinajstić information content (AvgIpc) is 2.74. The largest absolute Gasteiger partial charge is 0.308 e. The van der Waals surface area contributed by atoms with Crippen molar-refractivity contribution in [2.75, 3.05) is 5.43 Å². The van der Waals surface area contributed by atoms with Crippen molar-refractivity contribution in [1.82, 2.24) is 15.0 Å². The molecule has 96 valence electrons. The first-order chi connectivity index (χ1) is 8.63. The van der Waals surface area contributed by atoms with Crippen molar-refractivity contribution in [2.45, 2.75) is 33.6 Å². The third-order valence-corrected chi connectivity index (χ3v) is 3.69. The first kappa shape index (κ1) is 12.9. The summed E-state index contributed by atoms with van der Waals surface area (Å²) in [6.07, 6.45) is 1.51. The predicted molar refractivity (Wildman–Crippen MR) is 73.6 cm³/mol. The van der Waals surface area contributed by atoms with Gasteiger partial charge in [0.2, 0.25) is 0 Å². The highest BCUT2D eigenvalue weighted by atomic mass is 32.1. The number of thiazole rings is 1. The molecule has 2 heterocycles. The Morgan fingerprint density at radius 1 is 1.28 bits per heavy atom. The van der Waals surface area contributed by atoms with Gasteiger partial charge in [0.1, 0.15) is 16.6 Å². The zero-order valence-corrected chi connectivity index (χ0v) is 11.6.